The highest BCUT2D eigenvalue weighted by Crippen LogP contribution is 2.52. The molecule has 8 heteroatoms. The number of fused-ring (bicyclic) bond motifs is 3. The van der Waals surface area contributed by atoms with Crippen LogP contribution in [0.2, 0.25) is 0 Å². The predicted molar refractivity (Wildman–Crippen MR) is 124 cm³/mol. The lowest BCUT2D eigenvalue weighted by Crippen LogP contribution is -2.58. The smallest absolute Gasteiger partial charge is 0.255 e. The van der Waals surface area contributed by atoms with Crippen molar-refractivity contribution in [1.82, 2.24) is 0 Å². The summed E-state index contributed by atoms with van der Waals surface area (Å²) < 4.78 is 0. The van der Waals surface area contributed by atoms with Gasteiger partial charge in [0.2, 0.25) is 5.78 Å². The van der Waals surface area contributed by atoms with Gasteiger partial charge in [0.05, 0.1) is 5.56 Å². The number of phenols is 1. The van der Waals surface area contributed by atoms with Crippen molar-refractivity contribution in [3.05, 3.63) is 45.2 Å². The van der Waals surface area contributed by atoms with Crippen LogP contribution in [0.1, 0.15) is 62.3 Å². The first-order valence-electron chi connectivity index (χ1n) is 11.8. The van der Waals surface area contributed by atoms with Crippen LogP contribution >= 0.6 is 0 Å². The Hall–Kier alpha value is -3.13. The van der Waals surface area contributed by atoms with Crippen molar-refractivity contribution >= 4 is 23.2 Å². The minimum absolute atomic E-state index is 0.0883. The number of aliphatic hydroxyl groups is 3. The molecule has 1 saturated carbocycles. The summed E-state index contributed by atoms with van der Waals surface area (Å²) >= 11 is 0. The van der Waals surface area contributed by atoms with Gasteiger partial charge in [0.1, 0.15) is 22.8 Å². The van der Waals surface area contributed by atoms with Gasteiger partial charge in [-0.3, -0.25) is 14.4 Å². The van der Waals surface area contributed by atoms with Crippen molar-refractivity contribution in [3.8, 4) is 5.75 Å². The second-order valence-electron chi connectivity index (χ2n) is 10.1. The maximum absolute atomic E-state index is 13.6. The Morgan fingerprint density at radius 2 is 1.85 bits per heavy atom. The summed E-state index contributed by atoms with van der Waals surface area (Å²) in [6, 6.07) is 1.95. The van der Waals surface area contributed by atoms with Crippen LogP contribution < -0.4 is 5.73 Å². The topological polar surface area (TPSA) is 158 Å². The molecule has 182 valence electrons. The Morgan fingerprint density at radius 1 is 1.18 bits per heavy atom. The molecule has 8 nitrogen and oxygen atoms in total. The molecule has 0 saturated heterocycles. The first-order chi connectivity index (χ1) is 15.9. The number of hydrogen-bond acceptors (Lipinski definition) is 7. The summed E-state index contributed by atoms with van der Waals surface area (Å²) in [7, 11) is 0. The van der Waals surface area contributed by atoms with Crippen molar-refractivity contribution in [2.45, 2.75) is 64.9 Å². The van der Waals surface area contributed by atoms with Crippen LogP contribution in [0.25, 0.3) is 5.76 Å². The number of Topliss-reactive ketones (excluding diaryl/α,β-unsaturated/α-hetero) is 2. The second kappa shape index (κ2) is 8.27. The van der Waals surface area contributed by atoms with Gasteiger partial charge >= 0.3 is 0 Å². The molecule has 1 aromatic carbocycles. The average Bonchev–Trinajstić information content (AvgIpc) is 2.75. The fourth-order valence-electron chi connectivity index (χ4n) is 5.78. The van der Waals surface area contributed by atoms with E-state index in [2.05, 4.69) is 13.8 Å². The van der Waals surface area contributed by atoms with Crippen molar-refractivity contribution in [3.63, 3.8) is 0 Å². The van der Waals surface area contributed by atoms with Gasteiger partial charge in [-0.2, -0.15) is 0 Å². The molecule has 34 heavy (non-hydrogen) atoms. The molecule has 0 spiro atoms. The summed E-state index contributed by atoms with van der Waals surface area (Å²) in [5.41, 5.74) is 4.37. The fourth-order valence-corrected chi connectivity index (χ4v) is 5.78. The van der Waals surface area contributed by atoms with Gasteiger partial charge in [-0.15, -0.1) is 0 Å². The number of aryl methyl sites for hydroxylation is 2. The fraction of sp³-hybridized carbons (Fsp3) is 0.500. The number of hydrogen-bond donors (Lipinski definition) is 5. The molecule has 0 aromatic heterocycles. The molecule has 1 fully saturated rings. The standard InChI is InChI=1S/C26H31NO7/c1-4-12-7-13(6-5-11(2)3)21(29)19-16(12)9-14-8-15-10-17(28)20(25(27)33)24(32)26(15,34)23(31)18(14)22(19)30/h7,11,14-15,29-30,32,34H,4-6,8-10H2,1-3H3,(H2,27,33)/t14-,15+,26+/m1/s1. The molecule has 1 aromatic rings. The number of aromatic hydroxyl groups is 1. The molecule has 0 heterocycles. The number of amides is 1. The van der Waals surface area contributed by atoms with E-state index in [-0.39, 0.29) is 29.7 Å². The molecule has 3 aliphatic carbocycles. The zero-order valence-electron chi connectivity index (χ0n) is 19.6. The molecule has 0 bridgehead atoms. The molecule has 0 aliphatic heterocycles. The van der Waals surface area contributed by atoms with Gasteiger partial charge in [-0.05, 0) is 60.6 Å². The Bertz CT molecular complexity index is 1180. The molecule has 6 N–H and O–H groups in total. The van der Waals surface area contributed by atoms with Crippen LogP contribution in [0.3, 0.4) is 0 Å². The van der Waals surface area contributed by atoms with Crippen LogP contribution in [0.15, 0.2) is 23.0 Å². The Kier molecular flexibility index (Phi) is 5.84. The number of phenolic OH excluding ortho intramolecular Hbond substituents is 1. The number of aliphatic hydroxyl groups excluding tert-OH is 2. The largest absolute Gasteiger partial charge is 0.508 e. The number of ketones is 2. The third kappa shape index (κ3) is 3.35. The van der Waals surface area contributed by atoms with E-state index in [0.29, 0.717) is 30.7 Å². The van der Waals surface area contributed by atoms with E-state index in [0.717, 1.165) is 17.5 Å². The van der Waals surface area contributed by atoms with E-state index >= 15 is 0 Å². The highest BCUT2D eigenvalue weighted by molar-refractivity contribution is 6.22. The van der Waals surface area contributed by atoms with Gasteiger partial charge in [0.15, 0.2) is 11.4 Å². The van der Waals surface area contributed by atoms with E-state index in [1.807, 2.05) is 13.0 Å². The van der Waals surface area contributed by atoms with E-state index in [1.165, 1.54) is 0 Å². The number of nitrogens with two attached hydrogens (primary N) is 1. The third-order valence-corrected chi connectivity index (χ3v) is 7.61. The predicted octanol–water partition coefficient (Wildman–Crippen LogP) is 2.57. The van der Waals surface area contributed by atoms with Crippen molar-refractivity contribution in [2.24, 2.45) is 23.5 Å². The Balaban J connectivity index is 1.90. The van der Waals surface area contributed by atoms with Gasteiger partial charge in [-0.25, -0.2) is 0 Å². The summed E-state index contributed by atoms with van der Waals surface area (Å²) in [6.45, 7) is 6.13. The van der Waals surface area contributed by atoms with Crippen molar-refractivity contribution in [2.75, 3.05) is 0 Å². The third-order valence-electron chi connectivity index (χ3n) is 7.61. The number of rotatable bonds is 5. The van der Waals surface area contributed by atoms with E-state index in [1.54, 1.807) is 0 Å². The summed E-state index contributed by atoms with van der Waals surface area (Å²) in [5, 5.41) is 44.3. The SMILES string of the molecule is CCc1cc(CCC(C)C)c(O)c2c1C[C@H]1C[C@H]3CC(=O)C(C(N)=O)=C(O)[C@@]3(O)C(=O)C1=C2O. The van der Waals surface area contributed by atoms with Crippen molar-refractivity contribution in [1.29, 1.82) is 0 Å². The minimum atomic E-state index is -2.53. The molecular formula is C26H31NO7. The molecule has 1 amide bonds. The lowest BCUT2D eigenvalue weighted by Gasteiger charge is -2.46. The van der Waals surface area contributed by atoms with Gasteiger partial charge in [0.25, 0.3) is 5.91 Å². The molecule has 3 atom stereocenters. The number of carbonyl (C=O) groups is 3. The van der Waals surface area contributed by atoms with Gasteiger partial charge < -0.3 is 26.2 Å². The molecule has 0 radical (unpaired) electrons. The maximum Gasteiger partial charge on any atom is 0.255 e. The van der Waals surface area contributed by atoms with Crippen LogP contribution in [-0.4, -0.2) is 43.5 Å². The van der Waals surface area contributed by atoms with E-state index in [4.69, 9.17) is 5.73 Å². The van der Waals surface area contributed by atoms with Crippen molar-refractivity contribution < 1.29 is 34.8 Å². The minimum Gasteiger partial charge on any atom is -0.508 e. The molecule has 4 rings (SSSR count). The summed E-state index contributed by atoms with van der Waals surface area (Å²) in [4.78, 5) is 37.7. The summed E-state index contributed by atoms with van der Waals surface area (Å²) in [6.07, 6.45) is 2.26. The van der Waals surface area contributed by atoms with Crippen LogP contribution in [0, 0.1) is 17.8 Å². The molecule has 0 unspecified atom stereocenters. The zero-order chi connectivity index (χ0) is 25.1. The lowest BCUT2D eigenvalue weighted by atomic mass is 9.59. The zero-order valence-corrected chi connectivity index (χ0v) is 19.6. The number of primary amides is 1. The van der Waals surface area contributed by atoms with Gasteiger partial charge in [-0.1, -0.05) is 26.8 Å². The Morgan fingerprint density at radius 3 is 2.44 bits per heavy atom. The highest BCUT2D eigenvalue weighted by Gasteiger charge is 2.60. The number of carbonyl (C=O) groups excluding carboxylic acids is 3. The normalized spacial score (nSPS) is 26.5. The van der Waals surface area contributed by atoms with Gasteiger partial charge in [0, 0.05) is 17.9 Å². The monoisotopic (exact) mass is 469 g/mol. The van der Waals surface area contributed by atoms with Crippen LogP contribution in [0.4, 0.5) is 0 Å². The molecular weight excluding hydrogens is 438 g/mol. The first kappa shape index (κ1) is 24.0. The Labute approximate surface area is 197 Å². The second-order valence-corrected chi connectivity index (χ2v) is 10.1. The quantitative estimate of drug-likeness (QED) is 0.415. The van der Waals surface area contributed by atoms with Crippen LogP contribution in [-0.2, 0) is 33.6 Å². The molecule has 3 aliphatic rings. The van der Waals surface area contributed by atoms with E-state index in [9.17, 15) is 34.8 Å². The highest BCUT2D eigenvalue weighted by atomic mass is 16.3. The maximum atomic E-state index is 13.6. The first-order valence-corrected chi connectivity index (χ1v) is 11.8. The van der Waals surface area contributed by atoms with E-state index < -0.39 is 52.0 Å². The lowest BCUT2D eigenvalue weighted by molar-refractivity contribution is -0.147. The summed E-state index contributed by atoms with van der Waals surface area (Å²) in [5.74, 6) is -5.54. The van der Waals surface area contributed by atoms with Crippen LogP contribution in [0.5, 0.6) is 5.75 Å². The average molecular weight is 470 g/mol. The number of benzene rings is 1.